The highest BCUT2D eigenvalue weighted by molar-refractivity contribution is 7.49. The van der Waals surface area contributed by atoms with Crippen LogP contribution in [0.3, 0.4) is 0 Å². The van der Waals surface area contributed by atoms with Gasteiger partial charge in [-0.05, 0) is 112 Å². The molecule has 8 aliphatic heterocycles. The van der Waals surface area contributed by atoms with E-state index in [1.165, 1.54) is 0 Å². The third-order valence-corrected chi connectivity index (χ3v) is 16.5. The van der Waals surface area contributed by atoms with Crippen LogP contribution >= 0.6 is 7.82 Å². The van der Waals surface area contributed by atoms with Crippen molar-refractivity contribution in [3.05, 3.63) is 60.7 Å². The van der Waals surface area contributed by atoms with Gasteiger partial charge < -0.3 is 28.0 Å². The van der Waals surface area contributed by atoms with Gasteiger partial charge in [0.1, 0.15) is 17.6 Å². The minimum Gasteiger partial charge on any atom is -0.385 e. The smallest absolute Gasteiger partial charge is 0.385 e. The lowest BCUT2D eigenvalue weighted by Gasteiger charge is -2.61. The Labute approximate surface area is 341 Å². The van der Waals surface area contributed by atoms with Crippen LogP contribution in [-0.4, -0.2) is 53.3 Å². The van der Waals surface area contributed by atoms with Gasteiger partial charge in [-0.25, -0.2) is 19.6 Å². The maximum atomic E-state index is 14.8. The van der Waals surface area contributed by atoms with Crippen LogP contribution in [0.25, 0.3) is 0 Å². The molecule has 10 aliphatic rings. The molecule has 0 amide bonds. The van der Waals surface area contributed by atoms with Gasteiger partial charge in [-0.2, -0.15) is 4.57 Å². The summed E-state index contributed by atoms with van der Waals surface area (Å²) in [5.41, 5.74) is -1.00. The van der Waals surface area contributed by atoms with Crippen LogP contribution in [0, 0.1) is 47.3 Å². The number of phosphoric acid groups is 1. The van der Waals surface area contributed by atoms with Gasteiger partial charge in [-0.3, -0.25) is 4.62 Å². The highest BCUT2D eigenvalue weighted by atomic mass is 31.2. The number of phosphoric ester groups is 1. The Hall–Kier alpha value is -2.58. The summed E-state index contributed by atoms with van der Waals surface area (Å²) in [6.07, 6.45) is 5.11. The predicted octanol–water partition coefficient (Wildman–Crippen LogP) is 9.52. The summed E-state index contributed by atoms with van der Waals surface area (Å²) in [7, 11) is -4.44. The summed E-state index contributed by atoms with van der Waals surface area (Å²) in [6.45, 7) is 12.9. The zero-order valence-corrected chi connectivity index (χ0v) is 35.3. The van der Waals surface area contributed by atoms with Gasteiger partial charge >= 0.3 is 7.82 Å². The molecular formula is C44H58NO12P. The van der Waals surface area contributed by atoms with E-state index in [0.29, 0.717) is 35.5 Å². The summed E-state index contributed by atoms with van der Waals surface area (Å²) in [6, 6.07) is 17.6. The molecule has 10 fully saturated rings. The van der Waals surface area contributed by atoms with Gasteiger partial charge in [0.15, 0.2) is 23.8 Å². The Morgan fingerprint density at radius 2 is 1.16 bits per heavy atom. The van der Waals surface area contributed by atoms with Crippen molar-refractivity contribution in [3.8, 4) is 11.5 Å². The Morgan fingerprint density at radius 3 is 1.69 bits per heavy atom. The minimum atomic E-state index is -4.44. The standard InChI is InChI=1S/C44H58NO12P/c1-26-17-19-34-28(3)37(47-39-43(34)32(26)21-23-41(5,49-39)53-55-43)25-36(45-57-58(46,51-30-13-9-7-10-14-30)52-31-15-11-8-12-16-31)38-29(4)35-20-18-27(2)33-22-24-42(6)50-40(48-38)44(33,35)56-54-42/h7-16,26-29,32-35,37-40H,17-25H2,1-6H3/b45-36-/t26-,27-,28-,29-,32+,33+,34+,35+,37-,38+,39-,40-,41+,42+,43-,44-/m1/s1. The third-order valence-electron chi connectivity index (χ3n) is 15.4. The van der Waals surface area contributed by atoms with Crippen molar-refractivity contribution < 1.29 is 56.7 Å². The number of rotatable bonds is 9. The number of nitrogens with zero attached hydrogens (tertiary/aromatic N) is 1. The first-order valence-electron chi connectivity index (χ1n) is 21.6. The van der Waals surface area contributed by atoms with Crippen LogP contribution in [0.1, 0.15) is 99.3 Å². The zero-order valence-electron chi connectivity index (χ0n) is 34.4. The maximum Gasteiger partial charge on any atom is 0.668 e. The van der Waals surface area contributed by atoms with E-state index in [-0.39, 0.29) is 48.0 Å². The molecule has 16 atom stereocenters. The van der Waals surface area contributed by atoms with Crippen molar-refractivity contribution in [2.45, 2.75) is 147 Å². The monoisotopic (exact) mass is 823 g/mol. The fraction of sp³-hybridized carbons (Fsp3) is 0.705. The molecule has 316 valence electrons. The lowest BCUT2D eigenvalue weighted by Crippen LogP contribution is -2.71. The second-order valence-electron chi connectivity index (χ2n) is 18.9. The fourth-order valence-electron chi connectivity index (χ4n) is 12.3. The quantitative estimate of drug-likeness (QED) is 0.103. The Bertz CT molecular complexity index is 1860. The average Bonchev–Trinajstić information content (AvgIpc) is 3.58. The fourth-order valence-corrected chi connectivity index (χ4v) is 13.4. The summed E-state index contributed by atoms with van der Waals surface area (Å²) in [4.78, 5) is 25.2. The van der Waals surface area contributed by atoms with Gasteiger partial charge in [0.2, 0.25) is 11.6 Å². The summed E-state index contributed by atoms with van der Waals surface area (Å²) in [5, 5.41) is 4.80. The molecule has 4 bridgehead atoms. The number of fused-ring (bicyclic) bond motifs is 4. The van der Waals surface area contributed by atoms with Crippen molar-refractivity contribution in [1.82, 2.24) is 0 Å². The van der Waals surface area contributed by atoms with E-state index in [1.807, 2.05) is 26.0 Å². The van der Waals surface area contributed by atoms with Crippen LogP contribution in [0.4, 0.5) is 0 Å². The molecule has 13 nitrogen and oxygen atoms in total. The molecule has 8 saturated heterocycles. The number of hydrogen-bond donors (Lipinski definition) is 0. The lowest BCUT2D eigenvalue weighted by atomic mass is 9.56. The highest BCUT2D eigenvalue weighted by Gasteiger charge is 2.71. The SMILES string of the molecule is C[C@H]1[C@@H](/C(C[C@H]2O[C@@H]3O[C@]4(C)CC[C@H]5[C@H](C)CC[C@@H]([C@H]2C)[C@@]35OO4)=N\OP(=O)(Oc2ccccc2)Oc2ccccc2)O[C@@H]2O[C@]3(C)CC[C@H]4[C@H](C)CC[C@@H]1[C@@]24OO3. The van der Waals surface area contributed by atoms with E-state index >= 15 is 0 Å². The first kappa shape index (κ1) is 39.5. The molecule has 2 aromatic rings. The van der Waals surface area contributed by atoms with Gasteiger partial charge in [-0.15, -0.1) is 0 Å². The van der Waals surface area contributed by atoms with E-state index in [0.717, 1.165) is 44.9 Å². The van der Waals surface area contributed by atoms with Crippen LogP contribution < -0.4 is 9.05 Å². The first-order chi connectivity index (χ1) is 27.8. The van der Waals surface area contributed by atoms with Gasteiger partial charge in [0, 0.05) is 31.1 Å². The molecule has 0 aromatic heterocycles. The van der Waals surface area contributed by atoms with Gasteiger partial charge in [0.05, 0.1) is 11.8 Å². The largest absolute Gasteiger partial charge is 0.668 e. The predicted molar refractivity (Wildman–Crippen MR) is 209 cm³/mol. The molecule has 8 heterocycles. The molecule has 0 N–H and O–H groups in total. The van der Waals surface area contributed by atoms with E-state index in [1.54, 1.807) is 48.5 Å². The Balaban J connectivity index is 1.03. The van der Waals surface area contributed by atoms with Crippen LogP contribution in [0.5, 0.6) is 11.5 Å². The van der Waals surface area contributed by atoms with Crippen LogP contribution in [0.15, 0.2) is 65.8 Å². The van der Waals surface area contributed by atoms with Gasteiger partial charge in [-0.1, -0.05) is 69.2 Å². The summed E-state index contributed by atoms with van der Waals surface area (Å²) < 4.78 is 60.7. The van der Waals surface area contributed by atoms with E-state index in [9.17, 15) is 4.57 Å². The normalized spacial score (nSPS) is 46.9. The van der Waals surface area contributed by atoms with E-state index in [2.05, 4.69) is 27.7 Å². The molecule has 2 spiro atoms. The molecule has 2 aliphatic carbocycles. The van der Waals surface area contributed by atoms with Crippen molar-refractivity contribution in [3.63, 3.8) is 0 Å². The second-order valence-corrected chi connectivity index (χ2v) is 20.3. The molecule has 0 unspecified atom stereocenters. The topological polar surface area (TPSA) is 131 Å². The first-order valence-corrected chi connectivity index (χ1v) is 23.0. The number of benzene rings is 2. The summed E-state index contributed by atoms with van der Waals surface area (Å²) >= 11 is 0. The van der Waals surface area contributed by atoms with Crippen molar-refractivity contribution in [1.29, 1.82) is 0 Å². The number of ether oxygens (including phenoxy) is 4. The number of oxime groups is 1. The Morgan fingerprint density at radius 1 is 0.655 bits per heavy atom. The van der Waals surface area contributed by atoms with Crippen LogP contribution in [-0.2, 0) is 47.7 Å². The molecule has 58 heavy (non-hydrogen) atoms. The maximum absolute atomic E-state index is 14.8. The molecular weight excluding hydrogens is 765 g/mol. The molecule has 12 rings (SSSR count). The minimum absolute atomic E-state index is 0.00462. The van der Waals surface area contributed by atoms with Crippen LogP contribution in [0.2, 0.25) is 0 Å². The lowest BCUT2D eigenvalue weighted by molar-refractivity contribution is -0.571. The second kappa shape index (κ2) is 14.5. The van der Waals surface area contributed by atoms with E-state index < -0.39 is 49.3 Å². The summed E-state index contributed by atoms with van der Waals surface area (Å²) in [5.74, 6) is -0.0302. The highest BCUT2D eigenvalue weighted by Crippen LogP contribution is 2.63. The number of hydrogen-bond acceptors (Lipinski definition) is 13. The third kappa shape index (κ3) is 6.40. The van der Waals surface area contributed by atoms with Crippen molar-refractivity contribution >= 4 is 13.5 Å². The van der Waals surface area contributed by atoms with Gasteiger partial charge in [0.25, 0.3) is 0 Å². The molecule has 0 radical (unpaired) electrons. The molecule has 2 saturated carbocycles. The number of para-hydroxylation sites is 2. The van der Waals surface area contributed by atoms with E-state index in [4.69, 9.17) is 57.3 Å². The average molecular weight is 824 g/mol. The Kier molecular flexibility index (Phi) is 9.90. The molecule has 2 aromatic carbocycles. The molecule has 14 heteroatoms. The van der Waals surface area contributed by atoms with Crippen molar-refractivity contribution in [2.75, 3.05) is 0 Å². The van der Waals surface area contributed by atoms with Crippen molar-refractivity contribution in [2.24, 2.45) is 52.5 Å². The zero-order chi connectivity index (χ0) is 40.1.